The van der Waals surface area contributed by atoms with Crippen molar-refractivity contribution in [2.45, 2.75) is 12.5 Å². The summed E-state index contributed by atoms with van der Waals surface area (Å²) in [5, 5.41) is 5.97. The number of nitrogens with zero attached hydrogens (tertiary/aromatic N) is 1. The van der Waals surface area contributed by atoms with Gasteiger partial charge in [-0.1, -0.05) is 0 Å². The maximum absolute atomic E-state index is 11.0. The Morgan fingerprint density at radius 2 is 2.33 bits per heavy atom. The zero-order chi connectivity index (χ0) is 10.8. The molecule has 4 nitrogen and oxygen atoms in total. The summed E-state index contributed by atoms with van der Waals surface area (Å²) in [6, 6.07) is 2.04. The van der Waals surface area contributed by atoms with Crippen LogP contribution in [-0.4, -0.2) is 23.5 Å². The molecule has 1 atom stereocenters. The molecule has 1 fully saturated rings. The highest BCUT2D eigenvalue weighted by atomic mass is 79.9. The van der Waals surface area contributed by atoms with Gasteiger partial charge in [0.05, 0.1) is 10.5 Å². The molecule has 1 aliphatic heterocycles. The van der Waals surface area contributed by atoms with E-state index < -0.39 is 0 Å². The Morgan fingerprint density at radius 3 is 2.93 bits per heavy atom. The minimum absolute atomic E-state index is 0.0840. The van der Waals surface area contributed by atoms with Gasteiger partial charge in [0.1, 0.15) is 5.82 Å². The molecule has 80 valence electrons. The van der Waals surface area contributed by atoms with E-state index in [0.29, 0.717) is 13.0 Å². The summed E-state index contributed by atoms with van der Waals surface area (Å²) in [6.45, 7) is 0.656. The van der Waals surface area contributed by atoms with E-state index >= 15 is 0 Å². The molecule has 2 N–H and O–H groups in total. The second-order valence-electron chi connectivity index (χ2n) is 3.33. The van der Waals surface area contributed by atoms with Crippen LogP contribution in [0.3, 0.4) is 0 Å². The van der Waals surface area contributed by atoms with Gasteiger partial charge in [-0.15, -0.1) is 0 Å². The van der Waals surface area contributed by atoms with Crippen molar-refractivity contribution in [3.8, 4) is 0 Å². The maximum Gasteiger partial charge on any atom is 0.222 e. The molecule has 1 saturated heterocycles. The van der Waals surface area contributed by atoms with E-state index in [0.717, 1.165) is 14.8 Å². The maximum atomic E-state index is 11.0. The second-order valence-corrected chi connectivity index (χ2v) is 5.10. The number of carbonyl (C=O) groups is 1. The lowest BCUT2D eigenvalue weighted by Gasteiger charge is -2.12. The van der Waals surface area contributed by atoms with Gasteiger partial charge < -0.3 is 10.6 Å². The Balaban J connectivity index is 2.07. The van der Waals surface area contributed by atoms with Crippen LogP contribution in [0.1, 0.15) is 6.42 Å². The van der Waals surface area contributed by atoms with E-state index in [1.165, 1.54) is 0 Å². The van der Waals surface area contributed by atoms with E-state index in [2.05, 4.69) is 47.5 Å². The lowest BCUT2D eigenvalue weighted by Crippen LogP contribution is -2.23. The SMILES string of the molecule is O=C1CC(Nc2ncc(Br)cc2Br)CN1. The van der Waals surface area contributed by atoms with Gasteiger partial charge in [0, 0.05) is 23.6 Å². The van der Waals surface area contributed by atoms with Crippen molar-refractivity contribution in [2.75, 3.05) is 11.9 Å². The molecule has 1 amide bonds. The molecule has 0 spiro atoms. The zero-order valence-corrected chi connectivity index (χ0v) is 10.9. The van der Waals surface area contributed by atoms with Crippen LogP contribution in [0.25, 0.3) is 0 Å². The highest BCUT2D eigenvalue weighted by Crippen LogP contribution is 2.24. The van der Waals surface area contributed by atoms with Gasteiger partial charge in [-0.2, -0.15) is 0 Å². The van der Waals surface area contributed by atoms with Gasteiger partial charge in [-0.25, -0.2) is 4.98 Å². The minimum Gasteiger partial charge on any atom is -0.364 e. The Labute approximate surface area is 104 Å². The van der Waals surface area contributed by atoms with Crippen LogP contribution < -0.4 is 10.6 Å². The molecular formula is C9H9Br2N3O. The quantitative estimate of drug-likeness (QED) is 0.868. The first-order valence-corrected chi connectivity index (χ1v) is 6.08. The highest BCUT2D eigenvalue weighted by molar-refractivity contribution is 9.11. The molecule has 1 aromatic rings. The third-order valence-electron chi connectivity index (χ3n) is 2.13. The molecule has 0 saturated carbocycles. The summed E-state index contributed by atoms with van der Waals surface area (Å²) in [5.74, 6) is 0.848. The number of rotatable bonds is 2. The standard InChI is InChI=1S/C9H9Br2N3O/c10-5-1-7(11)9(13-3-5)14-6-2-8(15)12-4-6/h1,3,6H,2,4H2,(H,12,15)(H,13,14). The Hall–Kier alpha value is -0.620. The average molecular weight is 335 g/mol. The van der Waals surface area contributed by atoms with Crippen molar-refractivity contribution < 1.29 is 4.79 Å². The van der Waals surface area contributed by atoms with E-state index in [-0.39, 0.29) is 11.9 Å². The minimum atomic E-state index is 0.0840. The van der Waals surface area contributed by atoms with E-state index in [1.807, 2.05) is 6.07 Å². The average Bonchev–Trinajstić information content (AvgIpc) is 2.56. The van der Waals surface area contributed by atoms with Gasteiger partial charge in [-0.05, 0) is 37.9 Å². The Bertz CT molecular complexity index is 397. The van der Waals surface area contributed by atoms with Crippen LogP contribution in [-0.2, 0) is 4.79 Å². The molecule has 0 aliphatic carbocycles. The number of nitrogens with one attached hydrogen (secondary N) is 2. The largest absolute Gasteiger partial charge is 0.364 e. The Morgan fingerprint density at radius 1 is 1.53 bits per heavy atom. The number of carbonyl (C=O) groups excluding carboxylic acids is 1. The number of halogens is 2. The van der Waals surface area contributed by atoms with Crippen LogP contribution in [0.4, 0.5) is 5.82 Å². The molecule has 2 heterocycles. The van der Waals surface area contributed by atoms with Gasteiger partial charge in [-0.3, -0.25) is 4.79 Å². The van der Waals surface area contributed by atoms with E-state index in [4.69, 9.17) is 0 Å². The van der Waals surface area contributed by atoms with E-state index in [1.54, 1.807) is 6.20 Å². The van der Waals surface area contributed by atoms with Gasteiger partial charge in [0.15, 0.2) is 0 Å². The number of hydrogen-bond donors (Lipinski definition) is 2. The normalized spacial score (nSPS) is 20.1. The monoisotopic (exact) mass is 333 g/mol. The summed E-state index contributed by atoms with van der Waals surface area (Å²) in [7, 11) is 0. The zero-order valence-electron chi connectivity index (χ0n) is 7.76. The first kappa shape index (κ1) is 10.9. The molecule has 6 heteroatoms. The first-order chi connectivity index (χ1) is 7.15. The lowest BCUT2D eigenvalue weighted by atomic mass is 10.2. The van der Waals surface area contributed by atoms with Crippen molar-refractivity contribution in [1.82, 2.24) is 10.3 Å². The number of hydrogen-bond acceptors (Lipinski definition) is 3. The molecule has 15 heavy (non-hydrogen) atoms. The fourth-order valence-corrected chi connectivity index (χ4v) is 2.52. The van der Waals surface area contributed by atoms with Gasteiger partial charge in [0.2, 0.25) is 5.91 Å². The Kier molecular flexibility index (Phi) is 3.25. The summed E-state index contributed by atoms with van der Waals surface area (Å²) in [6.07, 6.45) is 2.22. The molecule has 1 unspecified atom stereocenters. The molecule has 0 radical (unpaired) electrons. The number of pyridine rings is 1. The van der Waals surface area contributed by atoms with Crippen molar-refractivity contribution in [1.29, 1.82) is 0 Å². The smallest absolute Gasteiger partial charge is 0.222 e. The molecule has 0 aromatic carbocycles. The fourth-order valence-electron chi connectivity index (χ4n) is 1.42. The molecule has 2 rings (SSSR count). The van der Waals surface area contributed by atoms with Crippen LogP contribution in [0, 0.1) is 0 Å². The van der Waals surface area contributed by atoms with Crippen molar-refractivity contribution >= 4 is 43.6 Å². The topological polar surface area (TPSA) is 54.0 Å². The summed E-state index contributed by atoms with van der Waals surface area (Å²) in [4.78, 5) is 15.2. The molecular weight excluding hydrogens is 326 g/mol. The van der Waals surface area contributed by atoms with Crippen LogP contribution >= 0.6 is 31.9 Å². The molecule has 0 bridgehead atoms. The summed E-state index contributed by atoms with van der Waals surface area (Å²) < 4.78 is 1.80. The van der Waals surface area contributed by atoms with Gasteiger partial charge >= 0.3 is 0 Å². The summed E-state index contributed by atoms with van der Waals surface area (Å²) in [5.41, 5.74) is 0. The van der Waals surface area contributed by atoms with Crippen molar-refractivity contribution in [3.63, 3.8) is 0 Å². The number of amides is 1. The van der Waals surface area contributed by atoms with Gasteiger partial charge in [0.25, 0.3) is 0 Å². The molecule has 1 aliphatic rings. The lowest BCUT2D eigenvalue weighted by molar-refractivity contribution is -0.119. The fraction of sp³-hybridized carbons (Fsp3) is 0.333. The predicted octanol–water partition coefficient (Wildman–Crippen LogP) is 1.91. The van der Waals surface area contributed by atoms with E-state index in [9.17, 15) is 4.79 Å². The second kappa shape index (κ2) is 4.49. The van der Waals surface area contributed by atoms with Crippen LogP contribution in [0.15, 0.2) is 21.2 Å². The highest BCUT2D eigenvalue weighted by Gasteiger charge is 2.21. The van der Waals surface area contributed by atoms with Crippen molar-refractivity contribution in [3.05, 3.63) is 21.2 Å². The number of aromatic nitrogens is 1. The molecule has 1 aromatic heterocycles. The third-order valence-corrected chi connectivity index (χ3v) is 3.16. The summed E-state index contributed by atoms with van der Waals surface area (Å²) >= 11 is 6.74. The van der Waals surface area contributed by atoms with Crippen LogP contribution in [0.5, 0.6) is 0 Å². The predicted molar refractivity (Wildman–Crippen MR) is 64.7 cm³/mol. The van der Waals surface area contributed by atoms with Crippen LogP contribution in [0.2, 0.25) is 0 Å². The van der Waals surface area contributed by atoms with Crippen molar-refractivity contribution in [2.24, 2.45) is 0 Å². The first-order valence-electron chi connectivity index (χ1n) is 4.49. The number of anilines is 1. The third kappa shape index (κ3) is 2.69.